The molecule has 3 heterocycles. The highest BCUT2D eigenvalue weighted by atomic mass is 32.2. The molecule has 2 nitrogen and oxygen atoms in total. The molecule has 0 radical (unpaired) electrons. The summed E-state index contributed by atoms with van der Waals surface area (Å²) in [6.07, 6.45) is 3.51. The topological polar surface area (TPSA) is 25.8 Å². The molecule has 0 atom stereocenters. The summed E-state index contributed by atoms with van der Waals surface area (Å²) in [6, 6.07) is 65.7. The van der Waals surface area contributed by atoms with Gasteiger partial charge in [0.25, 0.3) is 0 Å². The maximum absolute atomic E-state index is 8.88. The number of aryl methyl sites for hydroxylation is 1. The van der Waals surface area contributed by atoms with E-state index in [0.29, 0.717) is 11.1 Å². The first-order chi connectivity index (χ1) is 29.9. The minimum absolute atomic E-state index is 0.310. The lowest BCUT2D eigenvalue weighted by molar-refractivity contribution is 0.628. The van der Waals surface area contributed by atoms with Gasteiger partial charge in [0.2, 0.25) is 0 Å². The number of rotatable bonds is 5. The number of benzene rings is 8. The van der Waals surface area contributed by atoms with E-state index in [9.17, 15) is 0 Å². The van der Waals surface area contributed by atoms with Gasteiger partial charge >= 0.3 is 0 Å². The normalized spacial score (nSPS) is 14.2. The van der Waals surface area contributed by atoms with Gasteiger partial charge in [0, 0.05) is 31.2 Å². The van der Waals surface area contributed by atoms with Crippen LogP contribution in [-0.4, -0.2) is 9.97 Å². The summed E-state index contributed by atoms with van der Waals surface area (Å²) in [7, 11) is 0. The van der Waals surface area contributed by atoms with Crippen molar-refractivity contribution in [1.29, 1.82) is 0 Å². The van der Waals surface area contributed by atoms with E-state index in [2.05, 4.69) is 176 Å². The Morgan fingerprint density at radius 2 is 0.897 bits per heavy atom. The number of hydrogen-bond acceptors (Lipinski definition) is 4. The zero-order valence-electron chi connectivity index (χ0n) is 34.3. The molecule has 0 bridgehead atoms. The highest BCUT2D eigenvalue weighted by Gasteiger charge is 2.51. The molecule has 0 amide bonds. The van der Waals surface area contributed by atoms with Gasteiger partial charge in [0.05, 0.1) is 11.1 Å². The van der Waals surface area contributed by atoms with E-state index >= 15 is 0 Å². The van der Waals surface area contributed by atoms with Crippen molar-refractivity contribution in [3.05, 3.63) is 228 Å². The molecule has 58 heavy (non-hydrogen) atoms. The Bertz CT molecular complexity index is 3050. The number of aromatic nitrogens is 2. The molecule has 8 aromatic carbocycles. The van der Waals surface area contributed by atoms with Gasteiger partial charge < -0.3 is 0 Å². The molecule has 2 aliphatic heterocycles. The predicted octanol–water partition coefficient (Wildman–Crippen LogP) is 14.4. The van der Waals surface area contributed by atoms with Crippen LogP contribution in [0.15, 0.2) is 220 Å². The van der Waals surface area contributed by atoms with Crippen LogP contribution in [-0.2, 0) is 5.41 Å². The van der Waals surface area contributed by atoms with Gasteiger partial charge in [-0.25, -0.2) is 4.98 Å². The zero-order valence-corrected chi connectivity index (χ0v) is 32.9. The van der Waals surface area contributed by atoms with E-state index in [-0.39, 0.29) is 0 Å². The summed E-state index contributed by atoms with van der Waals surface area (Å²) in [6.45, 7) is -2.38. The second-order valence-corrected chi connectivity index (χ2v) is 16.7. The quantitative estimate of drug-likeness (QED) is 0.174. The second-order valence-electron chi connectivity index (χ2n) is 14.6. The highest BCUT2D eigenvalue weighted by molar-refractivity contribution is 8.00. The Labute approximate surface area is 352 Å². The Hall–Kier alpha value is -6.46. The van der Waals surface area contributed by atoms with Gasteiger partial charge in [0.15, 0.2) is 0 Å². The fourth-order valence-corrected chi connectivity index (χ4v) is 11.5. The van der Waals surface area contributed by atoms with Crippen molar-refractivity contribution in [2.45, 2.75) is 32.0 Å². The van der Waals surface area contributed by atoms with Gasteiger partial charge in [-0.1, -0.05) is 199 Å². The lowest BCUT2D eigenvalue weighted by Crippen LogP contribution is -2.38. The van der Waals surface area contributed by atoms with Crippen molar-refractivity contribution in [3.8, 4) is 55.6 Å². The largest absolute Gasteiger partial charge is 0.255 e. The minimum Gasteiger partial charge on any atom is -0.255 e. The summed E-state index contributed by atoms with van der Waals surface area (Å²) in [4.78, 5) is 13.2. The summed E-state index contributed by atoms with van der Waals surface area (Å²) in [5, 5.41) is 0.770. The van der Waals surface area contributed by atoms with Crippen LogP contribution in [0.4, 0.5) is 0 Å². The van der Waals surface area contributed by atoms with E-state index < -0.39 is 12.3 Å². The summed E-state index contributed by atoms with van der Waals surface area (Å²) in [5.41, 5.74) is 14.1. The van der Waals surface area contributed by atoms with Crippen LogP contribution in [0.3, 0.4) is 0 Å². The molecule has 1 aromatic heterocycles. The summed E-state index contributed by atoms with van der Waals surface area (Å²) < 4.78 is 26.7. The predicted molar refractivity (Wildman–Crippen MR) is 241 cm³/mol. The van der Waals surface area contributed by atoms with E-state index in [4.69, 9.17) is 14.1 Å². The standard InChI is InChI=1S/C54H36N2S2/c1-35-25-32-45-51(58-53-52(55-33-34-56-53)54(45)43-21-11-13-23-46(43)57-47-24-14-12-22-44(47)54)48(35)40-28-26-37(27-29-40)42-31-30-41(36-15-5-2-6-16-36)49(38-17-7-3-8-18-38)50(42)39-19-9-4-10-20-39/h2-34H,1H3/i1D3. The number of hydrogen-bond donors (Lipinski definition) is 0. The fraction of sp³-hybridized carbons (Fsp3) is 0.0370. The lowest BCUT2D eigenvalue weighted by Gasteiger charge is -2.44. The molecule has 0 fully saturated rings. The minimum atomic E-state index is -2.38. The van der Waals surface area contributed by atoms with Crippen LogP contribution in [0, 0.1) is 6.85 Å². The van der Waals surface area contributed by atoms with Gasteiger partial charge in [-0.05, 0) is 96.9 Å². The first-order valence-electron chi connectivity index (χ1n) is 20.9. The number of nitrogens with zero attached hydrogens (tertiary/aromatic N) is 2. The Balaban J connectivity index is 1.15. The molecular weight excluding hydrogens is 741 g/mol. The first kappa shape index (κ1) is 31.6. The third-order valence-electron chi connectivity index (χ3n) is 11.5. The van der Waals surface area contributed by atoms with E-state index in [1.54, 1.807) is 24.2 Å². The smallest absolute Gasteiger partial charge is 0.124 e. The van der Waals surface area contributed by atoms with Crippen LogP contribution < -0.4 is 0 Å². The van der Waals surface area contributed by atoms with Crippen LogP contribution >= 0.6 is 23.5 Å². The molecule has 0 aliphatic carbocycles. The Morgan fingerprint density at radius 3 is 1.48 bits per heavy atom. The molecule has 11 rings (SSSR count). The van der Waals surface area contributed by atoms with Gasteiger partial charge in [0.1, 0.15) is 5.03 Å². The number of fused-ring (bicyclic) bond motifs is 8. The maximum Gasteiger partial charge on any atom is 0.124 e. The van der Waals surface area contributed by atoms with Crippen LogP contribution in [0.5, 0.6) is 0 Å². The van der Waals surface area contributed by atoms with E-state index in [1.807, 2.05) is 12.1 Å². The molecule has 0 unspecified atom stereocenters. The van der Waals surface area contributed by atoms with Gasteiger partial charge in [-0.2, -0.15) is 0 Å². The van der Waals surface area contributed by atoms with Crippen molar-refractivity contribution >= 4 is 23.5 Å². The fourth-order valence-electron chi connectivity index (χ4n) is 9.02. The second kappa shape index (κ2) is 14.2. The highest BCUT2D eigenvalue weighted by Crippen LogP contribution is 2.62. The average molecular weight is 780 g/mol. The van der Waals surface area contributed by atoms with Crippen molar-refractivity contribution in [1.82, 2.24) is 9.97 Å². The maximum atomic E-state index is 8.88. The molecule has 9 aromatic rings. The molecule has 0 saturated carbocycles. The zero-order chi connectivity index (χ0) is 41.1. The van der Waals surface area contributed by atoms with Crippen molar-refractivity contribution in [3.63, 3.8) is 0 Å². The summed E-state index contributed by atoms with van der Waals surface area (Å²) >= 11 is 3.28. The molecular formula is C54H36N2S2. The summed E-state index contributed by atoms with van der Waals surface area (Å²) in [5.74, 6) is 0. The monoisotopic (exact) mass is 779 g/mol. The third-order valence-corrected chi connectivity index (χ3v) is 13.8. The van der Waals surface area contributed by atoms with Gasteiger partial charge in [-0.3, -0.25) is 4.98 Å². The Morgan fingerprint density at radius 1 is 0.414 bits per heavy atom. The SMILES string of the molecule is [2H]C([2H])([2H])c1ccc2c(c1-c1ccc(-c3ccc(-c4ccccc4)c(-c4ccccc4)c3-c3ccccc3)cc1)Sc1nccnc1C21c2ccccc2Sc2ccccc21. The Kier molecular flexibility index (Phi) is 7.72. The molecule has 0 N–H and O–H groups in total. The first-order valence-corrected chi connectivity index (χ1v) is 21.0. The molecule has 2 aliphatic rings. The van der Waals surface area contributed by atoms with Crippen molar-refractivity contribution in [2.75, 3.05) is 0 Å². The molecule has 0 saturated heterocycles. The van der Waals surface area contributed by atoms with Crippen molar-refractivity contribution < 1.29 is 4.11 Å². The van der Waals surface area contributed by atoms with E-state index in [1.165, 1.54) is 11.8 Å². The van der Waals surface area contributed by atoms with E-state index in [0.717, 1.165) is 92.2 Å². The van der Waals surface area contributed by atoms with Crippen molar-refractivity contribution in [2.24, 2.45) is 0 Å². The van der Waals surface area contributed by atoms with Crippen LogP contribution in [0.25, 0.3) is 55.6 Å². The third kappa shape index (κ3) is 5.44. The van der Waals surface area contributed by atoms with Crippen LogP contribution in [0.2, 0.25) is 0 Å². The molecule has 1 spiro atoms. The van der Waals surface area contributed by atoms with Gasteiger partial charge in [-0.15, -0.1) is 0 Å². The van der Waals surface area contributed by atoms with Crippen LogP contribution in [0.1, 0.15) is 32.1 Å². The molecule has 4 heteroatoms. The molecule has 274 valence electrons. The lowest BCUT2D eigenvalue weighted by atomic mass is 9.66. The average Bonchev–Trinajstić information content (AvgIpc) is 3.31.